The van der Waals surface area contributed by atoms with Crippen molar-refractivity contribution < 1.29 is 19.8 Å². The maximum atomic E-state index is 11.9. The first-order valence-corrected chi connectivity index (χ1v) is 6.28. The molecule has 2 N–H and O–H groups in total. The molecule has 0 fully saturated rings. The van der Waals surface area contributed by atoms with Crippen LogP contribution in [0.2, 0.25) is 5.02 Å². The summed E-state index contributed by atoms with van der Waals surface area (Å²) >= 11 is 5.89. The molecule has 1 amide bonds. The summed E-state index contributed by atoms with van der Waals surface area (Å²) in [6.45, 7) is 0.767. The zero-order chi connectivity index (χ0) is 14.0. The van der Waals surface area contributed by atoms with Crippen LogP contribution in [0.4, 0.5) is 0 Å². The number of aldehydes is 1. The Balaban J connectivity index is 2.11. The van der Waals surface area contributed by atoms with Gasteiger partial charge in [-0.25, -0.2) is 0 Å². The van der Waals surface area contributed by atoms with Gasteiger partial charge < -0.3 is 19.9 Å². The third kappa shape index (κ3) is 2.94. The minimum Gasteiger partial charge on any atom is -0.382 e. The van der Waals surface area contributed by atoms with E-state index in [2.05, 4.69) is 0 Å². The van der Waals surface area contributed by atoms with Gasteiger partial charge in [0.05, 0.1) is 0 Å². The molecule has 6 heteroatoms. The number of halogens is 1. The second-order valence-electron chi connectivity index (χ2n) is 4.49. The maximum Gasteiger partial charge on any atom is 0.254 e. The fraction of sp³-hybridized carbons (Fsp3) is 0.385. The van der Waals surface area contributed by atoms with Crippen LogP contribution in [0.25, 0.3) is 0 Å². The Morgan fingerprint density at radius 2 is 2.11 bits per heavy atom. The summed E-state index contributed by atoms with van der Waals surface area (Å²) < 4.78 is 0. The fourth-order valence-corrected chi connectivity index (χ4v) is 2.31. The monoisotopic (exact) mass is 283 g/mol. The van der Waals surface area contributed by atoms with Crippen LogP contribution in [-0.4, -0.2) is 46.1 Å². The van der Waals surface area contributed by atoms with E-state index in [0.29, 0.717) is 24.5 Å². The Labute approximate surface area is 115 Å². The molecule has 1 aromatic carbocycles. The molecule has 1 aromatic rings. The van der Waals surface area contributed by atoms with Crippen molar-refractivity contribution in [1.82, 2.24) is 4.90 Å². The van der Waals surface area contributed by atoms with E-state index < -0.39 is 18.1 Å². The Hall–Kier alpha value is -1.43. The highest BCUT2D eigenvalue weighted by atomic mass is 35.5. The van der Waals surface area contributed by atoms with Crippen molar-refractivity contribution >= 4 is 23.8 Å². The second kappa shape index (κ2) is 5.69. The van der Waals surface area contributed by atoms with E-state index in [0.717, 1.165) is 11.1 Å². The van der Waals surface area contributed by atoms with Crippen molar-refractivity contribution in [2.24, 2.45) is 0 Å². The van der Waals surface area contributed by atoms with E-state index in [4.69, 9.17) is 11.6 Å². The van der Waals surface area contributed by atoms with Crippen LogP contribution in [0, 0.1) is 0 Å². The topological polar surface area (TPSA) is 77.8 Å². The lowest BCUT2D eigenvalue weighted by Gasteiger charge is -2.31. The van der Waals surface area contributed by atoms with Gasteiger partial charge in [-0.15, -0.1) is 0 Å². The number of rotatable bonds is 3. The van der Waals surface area contributed by atoms with Crippen LogP contribution in [-0.2, 0) is 22.6 Å². The molecule has 0 radical (unpaired) electrons. The summed E-state index contributed by atoms with van der Waals surface area (Å²) in [5, 5.41) is 19.4. The molecule has 1 aliphatic heterocycles. The van der Waals surface area contributed by atoms with Gasteiger partial charge in [0.2, 0.25) is 0 Å². The lowest BCUT2D eigenvalue weighted by atomic mass is 9.99. The molecule has 2 rings (SSSR count). The van der Waals surface area contributed by atoms with E-state index >= 15 is 0 Å². The first kappa shape index (κ1) is 14.0. The third-order valence-electron chi connectivity index (χ3n) is 3.21. The van der Waals surface area contributed by atoms with E-state index in [-0.39, 0.29) is 6.29 Å². The molecule has 5 nitrogen and oxygen atoms in total. The van der Waals surface area contributed by atoms with Gasteiger partial charge in [0.25, 0.3) is 5.91 Å². The Morgan fingerprint density at radius 1 is 1.37 bits per heavy atom. The molecule has 0 saturated carbocycles. The normalized spacial score (nSPS) is 17.5. The summed E-state index contributed by atoms with van der Waals surface area (Å²) in [5.74, 6) is -0.639. The van der Waals surface area contributed by atoms with Crippen molar-refractivity contribution in [3.8, 4) is 0 Å². The van der Waals surface area contributed by atoms with Crippen LogP contribution in [0.1, 0.15) is 11.1 Å². The quantitative estimate of drug-likeness (QED) is 0.774. The maximum absolute atomic E-state index is 11.9. The van der Waals surface area contributed by atoms with Crippen molar-refractivity contribution in [2.45, 2.75) is 25.2 Å². The molecular formula is C13H14ClNO4. The molecule has 0 unspecified atom stereocenters. The van der Waals surface area contributed by atoms with Gasteiger partial charge in [0.15, 0.2) is 12.4 Å². The summed E-state index contributed by atoms with van der Waals surface area (Å²) in [6.07, 6.45) is -2.60. The third-order valence-corrected chi connectivity index (χ3v) is 3.44. The summed E-state index contributed by atoms with van der Waals surface area (Å²) in [6, 6.07) is 5.43. The summed E-state index contributed by atoms with van der Waals surface area (Å²) in [7, 11) is 0. The summed E-state index contributed by atoms with van der Waals surface area (Å²) in [5.41, 5.74) is 2.03. The average Bonchev–Trinajstić information content (AvgIpc) is 2.44. The lowest BCUT2D eigenvalue weighted by molar-refractivity contribution is -0.149. The second-order valence-corrected chi connectivity index (χ2v) is 4.93. The van der Waals surface area contributed by atoms with Gasteiger partial charge in [-0.1, -0.05) is 17.7 Å². The standard InChI is InChI=1S/C13H14ClNO4/c14-10-2-1-9-6-15(4-3-8(9)5-10)13(19)12(18)11(17)7-16/h1-2,5,7,11-12,17-18H,3-4,6H2/t11-,12+/m0/s1. The van der Waals surface area contributed by atoms with Gasteiger partial charge in [-0.05, 0) is 29.7 Å². The van der Waals surface area contributed by atoms with Crippen molar-refractivity contribution in [1.29, 1.82) is 0 Å². The smallest absolute Gasteiger partial charge is 0.254 e. The minimum atomic E-state index is -1.70. The number of hydrogen-bond donors (Lipinski definition) is 2. The summed E-state index contributed by atoms with van der Waals surface area (Å²) in [4.78, 5) is 23.7. The molecule has 0 bridgehead atoms. The zero-order valence-corrected chi connectivity index (χ0v) is 10.9. The average molecular weight is 284 g/mol. The van der Waals surface area contributed by atoms with Gasteiger partial charge >= 0.3 is 0 Å². The van der Waals surface area contributed by atoms with Gasteiger partial charge in [-0.2, -0.15) is 0 Å². The lowest BCUT2D eigenvalue weighted by Crippen LogP contribution is -2.47. The Bertz CT molecular complexity index is 505. The van der Waals surface area contributed by atoms with E-state index in [1.165, 1.54) is 4.90 Å². The predicted octanol–water partition coefficient (Wildman–Crippen LogP) is 0.145. The first-order chi connectivity index (χ1) is 9.02. The van der Waals surface area contributed by atoms with Crippen LogP contribution >= 0.6 is 11.6 Å². The molecule has 0 aliphatic carbocycles. The number of hydrogen-bond acceptors (Lipinski definition) is 4. The number of nitrogens with zero attached hydrogens (tertiary/aromatic N) is 1. The number of carbonyl (C=O) groups excluding carboxylic acids is 2. The Kier molecular flexibility index (Phi) is 4.19. The van der Waals surface area contributed by atoms with Crippen LogP contribution < -0.4 is 0 Å². The highest BCUT2D eigenvalue weighted by molar-refractivity contribution is 6.30. The molecule has 1 heterocycles. The van der Waals surface area contributed by atoms with Crippen molar-refractivity contribution in [2.75, 3.05) is 6.54 Å². The van der Waals surface area contributed by atoms with E-state index in [9.17, 15) is 19.8 Å². The molecule has 0 aromatic heterocycles. The predicted molar refractivity (Wildman–Crippen MR) is 68.7 cm³/mol. The van der Waals surface area contributed by atoms with Crippen LogP contribution in [0.3, 0.4) is 0 Å². The number of benzene rings is 1. The number of fused-ring (bicyclic) bond motifs is 1. The number of aliphatic hydroxyl groups is 2. The highest BCUT2D eigenvalue weighted by Gasteiger charge is 2.30. The van der Waals surface area contributed by atoms with E-state index in [1.54, 1.807) is 6.07 Å². The van der Waals surface area contributed by atoms with Crippen molar-refractivity contribution in [3.63, 3.8) is 0 Å². The van der Waals surface area contributed by atoms with Crippen LogP contribution in [0.5, 0.6) is 0 Å². The molecular weight excluding hydrogens is 270 g/mol. The molecule has 1 aliphatic rings. The zero-order valence-electron chi connectivity index (χ0n) is 10.1. The molecule has 0 saturated heterocycles. The molecule has 2 atom stereocenters. The van der Waals surface area contributed by atoms with E-state index in [1.807, 2.05) is 12.1 Å². The first-order valence-electron chi connectivity index (χ1n) is 5.90. The SMILES string of the molecule is O=C[C@H](O)[C@@H](O)C(=O)N1CCc2cc(Cl)ccc2C1. The number of amides is 1. The number of aliphatic hydroxyl groups excluding tert-OH is 2. The van der Waals surface area contributed by atoms with Gasteiger partial charge in [-0.3, -0.25) is 4.79 Å². The van der Waals surface area contributed by atoms with Crippen molar-refractivity contribution in [3.05, 3.63) is 34.3 Å². The molecule has 102 valence electrons. The minimum absolute atomic E-state index is 0.153. The van der Waals surface area contributed by atoms with Gasteiger partial charge in [0, 0.05) is 18.1 Å². The Morgan fingerprint density at radius 3 is 2.79 bits per heavy atom. The largest absolute Gasteiger partial charge is 0.382 e. The highest BCUT2D eigenvalue weighted by Crippen LogP contribution is 2.23. The van der Waals surface area contributed by atoms with Crippen LogP contribution in [0.15, 0.2) is 18.2 Å². The fourth-order valence-electron chi connectivity index (χ4n) is 2.12. The molecule has 19 heavy (non-hydrogen) atoms. The number of carbonyl (C=O) groups is 2. The molecule has 0 spiro atoms. The van der Waals surface area contributed by atoms with Gasteiger partial charge in [0.1, 0.15) is 6.10 Å².